The van der Waals surface area contributed by atoms with Crippen LogP contribution >= 0.6 is 0 Å². The number of nitrogens with zero attached hydrogens (tertiary/aromatic N) is 7. The van der Waals surface area contributed by atoms with Crippen molar-refractivity contribution in [1.29, 1.82) is 0 Å². The van der Waals surface area contributed by atoms with E-state index in [1.807, 2.05) is 121 Å². The van der Waals surface area contributed by atoms with Crippen molar-refractivity contribution in [1.82, 2.24) is 34.3 Å². The molecule has 0 spiro atoms. The maximum absolute atomic E-state index is 5.12. The second-order valence-electron chi connectivity index (χ2n) is 13.5. The number of fused-ring (bicyclic) bond motifs is 6. The van der Waals surface area contributed by atoms with Gasteiger partial charge in [0.25, 0.3) is 0 Å². The van der Waals surface area contributed by atoms with Gasteiger partial charge < -0.3 is 4.40 Å². The third kappa shape index (κ3) is 5.05. The highest BCUT2D eigenvalue weighted by atomic mass is 15.0. The normalized spacial score (nSPS) is 11.6. The topological polar surface area (TPSA) is 81.8 Å². The van der Waals surface area contributed by atoms with E-state index in [1.165, 1.54) is 0 Å². The summed E-state index contributed by atoms with van der Waals surface area (Å²) in [5.41, 5.74) is 8.93. The molecule has 0 fully saturated rings. The lowest BCUT2D eigenvalue weighted by Gasteiger charge is -2.10. The summed E-state index contributed by atoms with van der Waals surface area (Å²) in [6.07, 6.45) is 0. The molecular formula is C48H29N7. The summed E-state index contributed by atoms with van der Waals surface area (Å²) in [7, 11) is 0. The largest absolute Gasteiger partial charge is 0.308 e. The lowest BCUT2D eigenvalue weighted by molar-refractivity contribution is 1.08. The van der Waals surface area contributed by atoms with Crippen LogP contribution in [0, 0.1) is 0 Å². The summed E-state index contributed by atoms with van der Waals surface area (Å²) in [5.74, 6) is 3.80. The first-order chi connectivity index (χ1) is 27.3. The maximum atomic E-state index is 5.12. The molecule has 7 heteroatoms. The molecule has 0 bridgehead atoms. The Bertz CT molecular complexity index is 2850. The lowest BCUT2D eigenvalue weighted by atomic mass is 10.0. The summed E-state index contributed by atoms with van der Waals surface area (Å²) >= 11 is 0. The fraction of sp³-hybridized carbons (Fsp3) is 0. The summed E-state index contributed by atoms with van der Waals surface area (Å²) < 4.78 is 2.37. The van der Waals surface area contributed by atoms with Crippen LogP contribution in [-0.4, -0.2) is 34.3 Å². The van der Waals surface area contributed by atoms with Gasteiger partial charge in [0, 0.05) is 54.9 Å². The van der Waals surface area contributed by atoms with E-state index in [0.29, 0.717) is 34.9 Å². The molecule has 0 aliphatic carbocycles. The maximum Gasteiger partial charge on any atom is 0.164 e. The van der Waals surface area contributed by atoms with Gasteiger partial charge in [-0.05, 0) is 12.1 Å². The number of hydrogen-bond donors (Lipinski definition) is 0. The molecule has 7 nitrogen and oxygen atoms in total. The van der Waals surface area contributed by atoms with Crippen molar-refractivity contribution in [2.24, 2.45) is 0 Å². The van der Waals surface area contributed by atoms with E-state index in [0.717, 1.165) is 71.5 Å². The van der Waals surface area contributed by atoms with E-state index in [4.69, 9.17) is 29.9 Å². The number of aromatic nitrogens is 7. The Kier molecular flexibility index (Phi) is 7.03. The second-order valence-corrected chi connectivity index (χ2v) is 13.5. The van der Waals surface area contributed by atoms with E-state index >= 15 is 0 Å². The van der Waals surface area contributed by atoms with Crippen molar-refractivity contribution in [2.45, 2.75) is 0 Å². The van der Waals surface area contributed by atoms with Crippen LogP contribution in [0.1, 0.15) is 0 Å². The fourth-order valence-electron chi connectivity index (χ4n) is 7.81. The number of benzene rings is 7. The van der Waals surface area contributed by atoms with Gasteiger partial charge >= 0.3 is 0 Å². The minimum atomic E-state index is 0.629. The smallest absolute Gasteiger partial charge is 0.164 e. The van der Waals surface area contributed by atoms with Crippen LogP contribution in [0.3, 0.4) is 0 Å². The highest BCUT2D eigenvalue weighted by Crippen LogP contribution is 2.44. The van der Waals surface area contributed by atoms with Crippen molar-refractivity contribution in [3.05, 3.63) is 176 Å². The molecule has 0 aliphatic heterocycles. The molecule has 11 rings (SSSR count). The Labute approximate surface area is 315 Å². The average Bonchev–Trinajstić information content (AvgIpc) is 3.80. The van der Waals surface area contributed by atoms with Gasteiger partial charge in [-0.2, -0.15) is 0 Å². The molecule has 11 aromatic rings. The van der Waals surface area contributed by atoms with Crippen LogP contribution < -0.4 is 0 Å². The summed E-state index contributed by atoms with van der Waals surface area (Å²) in [6, 6.07) is 59.8. The van der Waals surface area contributed by atoms with Gasteiger partial charge in [-0.15, -0.1) is 0 Å². The molecule has 0 N–H and O–H groups in total. The summed E-state index contributed by atoms with van der Waals surface area (Å²) in [5, 5.41) is 4.44. The van der Waals surface area contributed by atoms with Gasteiger partial charge in [-0.1, -0.05) is 164 Å². The van der Waals surface area contributed by atoms with Gasteiger partial charge in [0.15, 0.2) is 34.9 Å². The Hall–Kier alpha value is -7.64. The van der Waals surface area contributed by atoms with Gasteiger partial charge in [0.1, 0.15) is 0 Å². The van der Waals surface area contributed by atoms with E-state index < -0.39 is 0 Å². The minimum Gasteiger partial charge on any atom is -0.308 e. The first kappa shape index (κ1) is 30.9. The minimum absolute atomic E-state index is 0.629. The standard InChI is InChI=1S/C48H29N7/c1-5-16-30(17-6-1)43-49-44(31-18-7-2-8-19-31)52-47(51-43)36-26-14-28-38-40(36)34-24-13-25-35-41-37(27-15-29-39(41)55(38)42(34)35)48-53-45(32-20-9-3-10-21-32)50-46(54-48)33-22-11-4-12-23-33/h1-29H. The molecular weight excluding hydrogens is 675 g/mol. The molecule has 0 atom stereocenters. The van der Waals surface area contributed by atoms with E-state index in [9.17, 15) is 0 Å². The van der Waals surface area contributed by atoms with Gasteiger partial charge in [0.2, 0.25) is 0 Å². The van der Waals surface area contributed by atoms with E-state index in [-0.39, 0.29) is 0 Å². The molecule has 4 aromatic heterocycles. The van der Waals surface area contributed by atoms with Crippen molar-refractivity contribution >= 4 is 38.1 Å². The molecule has 0 radical (unpaired) electrons. The van der Waals surface area contributed by atoms with Crippen LogP contribution in [0.5, 0.6) is 0 Å². The summed E-state index contributed by atoms with van der Waals surface area (Å²) in [4.78, 5) is 30.4. The Morgan fingerprint density at radius 2 is 0.582 bits per heavy atom. The van der Waals surface area contributed by atoms with Crippen molar-refractivity contribution in [3.8, 4) is 68.3 Å². The zero-order chi connectivity index (χ0) is 36.3. The number of rotatable bonds is 6. The first-order valence-corrected chi connectivity index (χ1v) is 18.2. The van der Waals surface area contributed by atoms with Crippen molar-refractivity contribution < 1.29 is 0 Å². The van der Waals surface area contributed by atoms with E-state index in [1.54, 1.807) is 0 Å². The van der Waals surface area contributed by atoms with Gasteiger partial charge in [0.05, 0.1) is 16.6 Å². The molecule has 0 amide bonds. The van der Waals surface area contributed by atoms with Crippen LogP contribution in [0.25, 0.3) is 106 Å². The highest BCUT2D eigenvalue weighted by Gasteiger charge is 2.24. The first-order valence-electron chi connectivity index (χ1n) is 18.2. The molecule has 256 valence electrons. The molecule has 4 heterocycles. The predicted octanol–water partition coefficient (Wildman–Crippen LogP) is 11.2. The zero-order valence-corrected chi connectivity index (χ0v) is 29.4. The van der Waals surface area contributed by atoms with Crippen LogP contribution in [-0.2, 0) is 0 Å². The van der Waals surface area contributed by atoms with Crippen LogP contribution in [0.2, 0.25) is 0 Å². The average molecular weight is 704 g/mol. The van der Waals surface area contributed by atoms with Gasteiger partial charge in [-0.3, -0.25) is 0 Å². The Balaban J connectivity index is 1.16. The Morgan fingerprint density at radius 3 is 0.927 bits per heavy atom. The third-order valence-electron chi connectivity index (χ3n) is 10.2. The molecule has 0 aliphatic rings. The molecule has 0 saturated carbocycles. The van der Waals surface area contributed by atoms with Crippen molar-refractivity contribution in [3.63, 3.8) is 0 Å². The Morgan fingerprint density at radius 1 is 0.273 bits per heavy atom. The van der Waals surface area contributed by atoms with E-state index in [2.05, 4.69) is 59.0 Å². The fourth-order valence-corrected chi connectivity index (χ4v) is 7.81. The van der Waals surface area contributed by atoms with Gasteiger partial charge in [-0.25, -0.2) is 29.9 Å². The molecule has 55 heavy (non-hydrogen) atoms. The molecule has 0 unspecified atom stereocenters. The zero-order valence-electron chi connectivity index (χ0n) is 29.4. The lowest BCUT2D eigenvalue weighted by Crippen LogP contribution is -2.00. The van der Waals surface area contributed by atoms with Crippen LogP contribution in [0.15, 0.2) is 176 Å². The predicted molar refractivity (Wildman–Crippen MR) is 220 cm³/mol. The molecule has 0 saturated heterocycles. The third-order valence-corrected chi connectivity index (χ3v) is 10.2. The van der Waals surface area contributed by atoms with Crippen LogP contribution in [0.4, 0.5) is 0 Å². The second kappa shape index (κ2) is 12.5. The SMILES string of the molecule is c1ccc(-c2nc(-c3ccccc3)nc(-c3cccc4c3c3cccc5c6c(-c7nc(-c8ccccc8)nc(-c8ccccc8)n7)cccc6n4c35)n2)cc1. The molecule has 7 aromatic carbocycles. The monoisotopic (exact) mass is 703 g/mol. The number of para-hydroxylation sites is 1. The summed E-state index contributed by atoms with van der Waals surface area (Å²) in [6.45, 7) is 0. The number of hydrogen-bond acceptors (Lipinski definition) is 6. The van der Waals surface area contributed by atoms with Crippen molar-refractivity contribution in [2.75, 3.05) is 0 Å². The highest BCUT2D eigenvalue weighted by molar-refractivity contribution is 6.27. The quantitative estimate of drug-likeness (QED) is 0.171.